The lowest BCUT2D eigenvalue weighted by Gasteiger charge is -2.35. The molecule has 4 aliphatic rings. The summed E-state index contributed by atoms with van der Waals surface area (Å²) in [7, 11) is 0. The Labute approximate surface area is 115 Å². The summed E-state index contributed by atoms with van der Waals surface area (Å²) in [5.74, 6) is -3.55. The van der Waals surface area contributed by atoms with Crippen LogP contribution in [0.3, 0.4) is 0 Å². The third kappa shape index (κ3) is 1.75. The van der Waals surface area contributed by atoms with Gasteiger partial charge in [0.05, 0.1) is 6.04 Å². The van der Waals surface area contributed by atoms with E-state index in [0.29, 0.717) is 18.0 Å². The van der Waals surface area contributed by atoms with E-state index < -0.39 is 22.5 Å². The summed E-state index contributed by atoms with van der Waals surface area (Å²) >= 11 is 1.38. The molecule has 1 unspecified atom stereocenters. The zero-order chi connectivity index (χ0) is 14.0. The number of rotatable bonds is 2. The van der Waals surface area contributed by atoms with Crippen LogP contribution in [-0.4, -0.2) is 27.8 Å². The number of amidine groups is 1. The van der Waals surface area contributed by atoms with Gasteiger partial charge in [-0.3, -0.25) is 9.79 Å². The van der Waals surface area contributed by atoms with E-state index in [-0.39, 0.29) is 17.9 Å². The summed E-state index contributed by atoms with van der Waals surface area (Å²) < 4.78 is 26.5. The molecule has 4 fully saturated rings. The fraction of sp³-hybridized carbons (Fsp3) is 0.846. The number of thioether (sulfide) groups is 1. The van der Waals surface area contributed by atoms with E-state index in [1.54, 1.807) is 0 Å². The number of aliphatic imine (C=N–C) groups is 1. The van der Waals surface area contributed by atoms with Gasteiger partial charge in [-0.1, -0.05) is 25.6 Å². The standard InChI is InChI=1S/C13H18F2N2OS/c1-6(2)12(3)10(18)17-11(19-12)16-9-5-7-4-8(9)13(7,14)15/h6-9H,4-5H2,1-3H3,(H,16,17,18)/t7-,8?,9-,12+/m1/s1. The van der Waals surface area contributed by atoms with Crippen molar-refractivity contribution >= 4 is 22.8 Å². The molecule has 0 aromatic carbocycles. The highest BCUT2D eigenvalue weighted by Crippen LogP contribution is 2.60. The van der Waals surface area contributed by atoms with Gasteiger partial charge in [-0.25, -0.2) is 8.78 Å². The summed E-state index contributed by atoms with van der Waals surface area (Å²) in [5.41, 5.74) is 0. The molecular weight excluding hydrogens is 270 g/mol. The highest BCUT2D eigenvalue weighted by atomic mass is 32.2. The van der Waals surface area contributed by atoms with E-state index >= 15 is 0 Å². The number of carbonyl (C=O) groups is 1. The lowest BCUT2D eigenvalue weighted by molar-refractivity contribution is -0.149. The number of alkyl halides is 2. The van der Waals surface area contributed by atoms with Crippen molar-refractivity contribution in [2.45, 2.75) is 50.3 Å². The van der Waals surface area contributed by atoms with Crippen LogP contribution >= 0.6 is 11.8 Å². The van der Waals surface area contributed by atoms with Crippen molar-refractivity contribution < 1.29 is 13.6 Å². The Morgan fingerprint density at radius 3 is 2.53 bits per heavy atom. The van der Waals surface area contributed by atoms with Crippen LogP contribution in [0.2, 0.25) is 0 Å². The van der Waals surface area contributed by atoms with E-state index in [1.165, 1.54) is 11.8 Å². The summed E-state index contributed by atoms with van der Waals surface area (Å²) in [6, 6.07) is -0.322. The molecule has 3 saturated carbocycles. The minimum absolute atomic E-state index is 0.0663. The van der Waals surface area contributed by atoms with Gasteiger partial charge in [-0.2, -0.15) is 0 Å². The van der Waals surface area contributed by atoms with E-state index in [1.807, 2.05) is 20.8 Å². The number of carbonyl (C=O) groups excluding carboxylic acids is 1. The second-order valence-corrected chi connectivity index (χ2v) is 7.71. The maximum absolute atomic E-state index is 13.5. The van der Waals surface area contributed by atoms with Crippen LogP contribution in [-0.2, 0) is 4.79 Å². The van der Waals surface area contributed by atoms with Gasteiger partial charge in [0, 0.05) is 11.8 Å². The molecule has 1 amide bonds. The van der Waals surface area contributed by atoms with Gasteiger partial charge in [0.15, 0.2) is 5.17 Å². The van der Waals surface area contributed by atoms with E-state index in [2.05, 4.69) is 10.3 Å². The first-order chi connectivity index (χ1) is 8.75. The largest absolute Gasteiger partial charge is 0.304 e. The van der Waals surface area contributed by atoms with E-state index in [4.69, 9.17) is 0 Å². The Morgan fingerprint density at radius 2 is 2.11 bits per heavy atom. The zero-order valence-corrected chi connectivity index (χ0v) is 12.1. The van der Waals surface area contributed by atoms with Crippen LogP contribution < -0.4 is 5.32 Å². The molecule has 3 nitrogen and oxygen atoms in total. The van der Waals surface area contributed by atoms with Gasteiger partial charge >= 0.3 is 0 Å². The van der Waals surface area contributed by atoms with Crippen LogP contribution in [0.25, 0.3) is 0 Å². The molecule has 2 bridgehead atoms. The number of amides is 1. The Balaban J connectivity index is 1.76. The lowest BCUT2D eigenvalue weighted by Crippen LogP contribution is -2.43. The first-order valence-corrected chi connectivity index (χ1v) is 7.53. The highest BCUT2D eigenvalue weighted by molar-refractivity contribution is 8.16. The summed E-state index contributed by atoms with van der Waals surface area (Å²) in [4.78, 5) is 16.4. The van der Waals surface area contributed by atoms with E-state index in [9.17, 15) is 13.6 Å². The minimum Gasteiger partial charge on any atom is -0.304 e. The monoisotopic (exact) mass is 288 g/mol. The van der Waals surface area contributed by atoms with Crippen molar-refractivity contribution in [1.29, 1.82) is 0 Å². The Kier molecular flexibility index (Phi) is 2.76. The molecule has 1 heterocycles. The first-order valence-electron chi connectivity index (χ1n) is 6.71. The van der Waals surface area contributed by atoms with Crippen molar-refractivity contribution in [3.05, 3.63) is 0 Å². The number of nitrogens with zero attached hydrogens (tertiary/aromatic N) is 1. The molecule has 0 spiro atoms. The molecule has 1 N–H and O–H groups in total. The van der Waals surface area contributed by atoms with Crippen LogP contribution in [0.1, 0.15) is 33.6 Å². The van der Waals surface area contributed by atoms with Crippen molar-refractivity contribution in [2.75, 3.05) is 0 Å². The lowest BCUT2D eigenvalue weighted by atomic mass is 9.79. The number of fused-ring (bicyclic) bond motifs is 1. The number of halogens is 2. The normalized spacial score (nSPS) is 45.7. The van der Waals surface area contributed by atoms with Crippen molar-refractivity contribution in [3.63, 3.8) is 0 Å². The Hall–Kier alpha value is -0.650. The summed E-state index contributed by atoms with van der Waals surface area (Å²) in [6.07, 6.45) is 1.03. The maximum atomic E-state index is 13.5. The third-order valence-electron chi connectivity index (χ3n) is 4.93. The van der Waals surface area contributed by atoms with Crippen molar-refractivity contribution in [1.82, 2.24) is 5.32 Å². The fourth-order valence-corrected chi connectivity index (χ4v) is 4.22. The minimum atomic E-state index is -2.54. The third-order valence-corrected chi connectivity index (χ3v) is 6.41. The zero-order valence-electron chi connectivity index (χ0n) is 11.2. The van der Waals surface area contributed by atoms with Crippen molar-refractivity contribution in [3.8, 4) is 0 Å². The van der Waals surface area contributed by atoms with Gasteiger partial charge < -0.3 is 5.32 Å². The molecule has 0 aromatic rings. The molecule has 106 valence electrons. The van der Waals surface area contributed by atoms with Gasteiger partial charge in [0.25, 0.3) is 5.92 Å². The summed E-state index contributed by atoms with van der Waals surface area (Å²) in [6.45, 7) is 5.84. The van der Waals surface area contributed by atoms with Crippen LogP contribution in [0, 0.1) is 17.8 Å². The molecule has 1 aliphatic heterocycles. The SMILES string of the molecule is CC(C)[C@]1(C)SC(=N[C@@H]2C[C@H]3CC2C3(F)F)NC1=O. The molecule has 4 atom stereocenters. The fourth-order valence-electron chi connectivity index (χ4n) is 3.11. The molecule has 1 saturated heterocycles. The predicted octanol–water partition coefficient (Wildman–Crippen LogP) is 2.66. The van der Waals surface area contributed by atoms with Crippen LogP contribution in [0.5, 0.6) is 0 Å². The number of nitrogens with one attached hydrogen (secondary N) is 1. The summed E-state index contributed by atoms with van der Waals surface area (Å²) in [5, 5.41) is 3.27. The second-order valence-electron chi connectivity index (χ2n) is 6.27. The topological polar surface area (TPSA) is 41.5 Å². The number of hydrogen-bond acceptors (Lipinski definition) is 3. The number of hydrogen-bond donors (Lipinski definition) is 1. The molecule has 6 heteroatoms. The molecule has 4 rings (SSSR count). The second kappa shape index (κ2) is 3.93. The molecule has 0 aromatic heterocycles. The first kappa shape index (κ1) is 13.3. The average molecular weight is 288 g/mol. The molecule has 0 radical (unpaired) electrons. The average Bonchev–Trinajstić information content (AvgIpc) is 2.91. The van der Waals surface area contributed by atoms with Gasteiger partial charge in [-0.15, -0.1) is 0 Å². The quantitative estimate of drug-likeness (QED) is 0.848. The van der Waals surface area contributed by atoms with E-state index in [0.717, 1.165) is 0 Å². The predicted molar refractivity (Wildman–Crippen MR) is 71.4 cm³/mol. The Bertz CT molecular complexity index is 466. The van der Waals surface area contributed by atoms with Crippen LogP contribution in [0.4, 0.5) is 8.78 Å². The molecule has 19 heavy (non-hydrogen) atoms. The molecule has 3 aliphatic carbocycles. The van der Waals surface area contributed by atoms with Crippen LogP contribution in [0.15, 0.2) is 4.99 Å². The van der Waals surface area contributed by atoms with Gasteiger partial charge in [-0.05, 0) is 25.7 Å². The molecular formula is C13H18F2N2OS. The highest BCUT2D eigenvalue weighted by Gasteiger charge is 2.66. The smallest absolute Gasteiger partial charge is 0.255 e. The van der Waals surface area contributed by atoms with Gasteiger partial charge in [0.2, 0.25) is 5.91 Å². The Morgan fingerprint density at radius 1 is 1.42 bits per heavy atom. The van der Waals surface area contributed by atoms with Gasteiger partial charge in [0.1, 0.15) is 4.75 Å². The maximum Gasteiger partial charge on any atom is 0.255 e. The van der Waals surface area contributed by atoms with Crippen molar-refractivity contribution in [2.24, 2.45) is 22.7 Å².